The number of fused-ring (bicyclic) bond motifs is 1. The van der Waals surface area contributed by atoms with Crippen LogP contribution in [0.1, 0.15) is 16.1 Å². The predicted octanol–water partition coefficient (Wildman–Crippen LogP) is 4.65. The topological polar surface area (TPSA) is 83.2 Å². The van der Waals surface area contributed by atoms with Gasteiger partial charge in [-0.05, 0) is 37.3 Å². The first-order chi connectivity index (χ1) is 14.1. The lowest BCUT2D eigenvalue weighted by atomic mass is 10.1. The molecule has 1 aromatic heterocycles. The van der Waals surface area contributed by atoms with Gasteiger partial charge in [0, 0.05) is 25.7 Å². The van der Waals surface area contributed by atoms with Crippen molar-refractivity contribution < 1.29 is 13.2 Å². The lowest BCUT2D eigenvalue weighted by Gasteiger charge is -2.12. The molecule has 0 fully saturated rings. The van der Waals surface area contributed by atoms with Gasteiger partial charge in [-0.3, -0.25) is 4.79 Å². The summed E-state index contributed by atoms with van der Waals surface area (Å²) in [5.74, 6) is -0.745. The number of halogens is 2. The number of rotatable bonds is 5. The Hall–Kier alpha value is -2.79. The van der Waals surface area contributed by atoms with E-state index in [1.807, 2.05) is 13.0 Å². The molecule has 9 heteroatoms. The van der Waals surface area contributed by atoms with E-state index in [9.17, 15) is 18.5 Å². The lowest BCUT2D eigenvalue weighted by Crippen LogP contribution is -2.20. The van der Waals surface area contributed by atoms with Crippen molar-refractivity contribution in [3.63, 3.8) is 0 Å². The van der Waals surface area contributed by atoms with Crippen molar-refractivity contribution in [2.75, 3.05) is 14.1 Å². The third-order valence-corrected chi connectivity index (χ3v) is 6.93. The second-order valence-corrected chi connectivity index (χ2v) is 9.43. The van der Waals surface area contributed by atoms with Crippen LogP contribution in [-0.4, -0.2) is 37.2 Å². The van der Waals surface area contributed by atoms with Gasteiger partial charge < -0.3 is 4.90 Å². The Morgan fingerprint density at radius 3 is 2.33 bits per heavy atom. The molecule has 154 valence electrons. The van der Waals surface area contributed by atoms with Gasteiger partial charge in [0.1, 0.15) is 17.3 Å². The highest BCUT2D eigenvalue weighted by Crippen LogP contribution is 2.35. The Morgan fingerprint density at radius 1 is 1.13 bits per heavy atom. The number of Topliss-reactive ketones (excluding diaryl/α,β-unsaturated/α-hetero) is 1. The first kappa shape index (κ1) is 21.9. The number of carbonyl (C=O) groups is 1. The van der Waals surface area contributed by atoms with Gasteiger partial charge in [-0.25, -0.2) is 12.4 Å². The fourth-order valence-corrected chi connectivity index (χ4v) is 4.85. The number of aryl methyl sites for hydroxylation is 1. The summed E-state index contributed by atoms with van der Waals surface area (Å²) in [4.78, 5) is 14.7. The molecule has 0 bridgehead atoms. The zero-order valence-electron chi connectivity index (χ0n) is 16.3. The molecule has 0 saturated carbocycles. The molecule has 30 heavy (non-hydrogen) atoms. The Balaban J connectivity index is 2.39. The minimum Gasteiger partial charge on any atom is -0.382 e. The van der Waals surface area contributed by atoms with Crippen molar-refractivity contribution in [2.45, 2.75) is 11.8 Å². The summed E-state index contributed by atoms with van der Waals surface area (Å²) < 4.78 is 27.9. The summed E-state index contributed by atoms with van der Waals surface area (Å²) in [7, 11) is -0.865. The summed E-state index contributed by atoms with van der Waals surface area (Å²) in [6, 6.07) is 12.4. The van der Waals surface area contributed by atoms with E-state index in [1.165, 1.54) is 41.4 Å². The molecule has 6 nitrogen and oxygen atoms in total. The number of benzene rings is 2. The monoisotopic (exact) mass is 461 g/mol. The highest BCUT2D eigenvalue weighted by Gasteiger charge is 2.29. The Morgan fingerprint density at radius 2 is 1.77 bits per heavy atom. The molecule has 0 aliphatic carbocycles. The van der Waals surface area contributed by atoms with Crippen LogP contribution in [0.5, 0.6) is 0 Å². The fraction of sp³-hybridized carbons (Fsp3) is 0.143. The molecular formula is C21H17Cl2N3O3S. The molecule has 0 atom stereocenters. The number of hydrogen-bond donors (Lipinski definition) is 0. The second kappa shape index (κ2) is 8.15. The number of nitriles is 1. The zero-order valence-corrected chi connectivity index (χ0v) is 18.7. The van der Waals surface area contributed by atoms with Crippen LogP contribution in [0, 0.1) is 18.3 Å². The van der Waals surface area contributed by atoms with Crippen LogP contribution < -0.4 is 0 Å². The number of ketones is 1. The van der Waals surface area contributed by atoms with E-state index in [4.69, 9.17) is 23.2 Å². The lowest BCUT2D eigenvalue weighted by molar-refractivity contribution is 0.103. The molecule has 0 aliphatic rings. The molecule has 2 aromatic carbocycles. The van der Waals surface area contributed by atoms with Crippen molar-refractivity contribution in [3.8, 4) is 6.07 Å². The molecule has 0 amide bonds. The van der Waals surface area contributed by atoms with Gasteiger partial charge in [0.25, 0.3) is 10.0 Å². The molecule has 0 saturated heterocycles. The summed E-state index contributed by atoms with van der Waals surface area (Å²) in [6.07, 6.45) is 1.33. The minimum atomic E-state index is -4.17. The average Bonchev–Trinajstić information content (AvgIpc) is 3.09. The largest absolute Gasteiger partial charge is 0.382 e. The van der Waals surface area contributed by atoms with Crippen LogP contribution in [0.15, 0.2) is 59.1 Å². The average molecular weight is 462 g/mol. The maximum Gasteiger partial charge on any atom is 0.268 e. The van der Waals surface area contributed by atoms with Gasteiger partial charge in [0.05, 0.1) is 20.5 Å². The van der Waals surface area contributed by atoms with Gasteiger partial charge in [-0.15, -0.1) is 0 Å². The Bertz CT molecular complexity index is 1330. The SMILES string of the molecule is Cc1ccc(S(=O)(=O)n2c(C(=O)/C(C#N)=C/N(C)C)cc3c(Cl)c(Cl)ccc32)cc1. The van der Waals surface area contributed by atoms with Gasteiger partial charge >= 0.3 is 0 Å². The fourth-order valence-electron chi connectivity index (χ4n) is 2.96. The van der Waals surface area contributed by atoms with Crippen LogP contribution in [0.3, 0.4) is 0 Å². The number of hydrogen-bond acceptors (Lipinski definition) is 5. The van der Waals surface area contributed by atoms with Gasteiger partial charge in [0.2, 0.25) is 5.78 Å². The predicted molar refractivity (Wildman–Crippen MR) is 117 cm³/mol. The third-order valence-electron chi connectivity index (χ3n) is 4.37. The number of nitrogens with zero attached hydrogens (tertiary/aromatic N) is 3. The van der Waals surface area contributed by atoms with Crippen LogP contribution >= 0.6 is 23.2 Å². The number of allylic oxidation sites excluding steroid dienone is 1. The summed E-state index contributed by atoms with van der Waals surface area (Å²) in [5.41, 5.74) is 0.656. The minimum absolute atomic E-state index is 0.000759. The summed E-state index contributed by atoms with van der Waals surface area (Å²) >= 11 is 12.4. The number of aromatic nitrogens is 1. The van der Waals surface area contributed by atoms with E-state index in [1.54, 1.807) is 26.2 Å². The van der Waals surface area contributed by atoms with Crippen LogP contribution in [0.25, 0.3) is 10.9 Å². The molecule has 0 aliphatic heterocycles. The highest BCUT2D eigenvalue weighted by molar-refractivity contribution is 7.90. The van der Waals surface area contributed by atoms with Crippen LogP contribution in [0.4, 0.5) is 0 Å². The van der Waals surface area contributed by atoms with E-state index in [-0.39, 0.29) is 31.7 Å². The van der Waals surface area contributed by atoms with E-state index in [0.29, 0.717) is 5.39 Å². The van der Waals surface area contributed by atoms with Gasteiger partial charge in [-0.1, -0.05) is 40.9 Å². The van der Waals surface area contributed by atoms with Gasteiger partial charge in [-0.2, -0.15) is 5.26 Å². The zero-order chi connectivity index (χ0) is 22.2. The standard InChI is InChI=1S/C21H17Cl2N3O3S/c1-13-4-6-15(7-5-13)30(28,29)26-18-9-8-17(22)20(23)16(18)10-19(26)21(27)14(11-24)12-25(2)3/h4-10,12H,1-3H3/b14-12+. The third kappa shape index (κ3) is 3.82. The first-order valence-electron chi connectivity index (χ1n) is 8.72. The van der Waals surface area contributed by atoms with Crippen molar-refractivity contribution in [2.24, 2.45) is 0 Å². The highest BCUT2D eigenvalue weighted by atomic mass is 35.5. The molecular weight excluding hydrogens is 445 g/mol. The molecule has 3 aromatic rings. The van der Waals surface area contributed by atoms with Crippen molar-refractivity contribution in [1.29, 1.82) is 5.26 Å². The molecule has 0 spiro atoms. The number of carbonyl (C=O) groups excluding carboxylic acids is 1. The second-order valence-electron chi connectivity index (χ2n) is 6.85. The Kier molecular flexibility index (Phi) is 5.95. The maximum absolute atomic E-state index is 13.5. The van der Waals surface area contributed by atoms with Crippen molar-refractivity contribution in [1.82, 2.24) is 8.87 Å². The Labute approximate surface area is 184 Å². The summed E-state index contributed by atoms with van der Waals surface area (Å²) in [6.45, 7) is 1.84. The van der Waals surface area contributed by atoms with Gasteiger partial charge in [0.15, 0.2) is 0 Å². The normalized spacial score (nSPS) is 12.1. The smallest absolute Gasteiger partial charge is 0.268 e. The molecule has 1 heterocycles. The van der Waals surface area contributed by atoms with E-state index < -0.39 is 15.8 Å². The van der Waals surface area contributed by atoms with Crippen LogP contribution in [-0.2, 0) is 10.0 Å². The molecule has 0 unspecified atom stereocenters. The first-order valence-corrected chi connectivity index (χ1v) is 10.9. The van der Waals surface area contributed by atoms with E-state index >= 15 is 0 Å². The van der Waals surface area contributed by atoms with Crippen molar-refractivity contribution in [3.05, 3.63) is 75.5 Å². The maximum atomic E-state index is 13.5. The quantitative estimate of drug-likeness (QED) is 0.313. The molecule has 0 N–H and O–H groups in total. The van der Waals surface area contributed by atoms with Crippen LogP contribution in [0.2, 0.25) is 10.0 Å². The molecule has 0 radical (unpaired) electrons. The molecule has 3 rings (SSSR count). The van der Waals surface area contributed by atoms with Crippen molar-refractivity contribution >= 4 is 49.9 Å². The summed E-state index contributed by atoms with van der Waals surface area (Å²) in [5, 5.41) is 10.1. The van der Waals surface area contributed by atoms with E-state index in [0.717, 1.165) is 9.54 Å². The van der Waals surface area contributed by atoms with E-state index in [2.05, 4.69) is 0 Å².